The van der Waals surface area contributed by atoms with Gasteiger partial charge in [0.2, 0.25) is 6.79 Å². The minimum atomic E-state index is -0.463. The molecule has 0 aliphatic carbocycles. The Morgan fingerprint density at radius 2 is 2.10 bits per heavy atom. The third-order valence-corrected chi connectivity index (χ3v) is 3.44. The molecule has 0 radical (unpaired) electrons. The number of hydrogen-bond donors (Lipinski definition) is 1. The van der Waals surface area contributed by atoms with Crippen molar-refractivity contribution in [2.24, 2.45) is 0 Å². The summed E-state index contributed by atoms with van der Waals surface area (Å²) in [7, 11) is 0. The second-order valence-electron chi connectivity index (χ2n) is 4.88. The number of carbonyl (C=O) groups excluding carboxylic acids is 1. The van der Waals surface area contributed by atoms with Crippen molar-refractivity contribution < 1.29 is 23.7 Å². The molecule has 20 heavy (non-hydrogen) atoms. The largest absolute Gasteiger partial charge is 0.459 e. The van der Waals surface area contributed by atoms with Crippen molar-refractivity contribution >= 4 is 11.7 Å². The van der Waals surface area contributed by atoms with E-state index in [-0.39, 0.29) is 19.5 Å². The zero-order valence-corrected chi connectivity index (χ0v) is 11.1. The van der Waals surface area contributed by atoms with Crippen LogP contribution in [0.2, 0.25) is 0 Å². The van der Waals surface area contributed by atoms with E-state index >= 15 is 0 Å². The number of carbonyl (C=O) groups is 1. The van der Waals surface area contributed by atoms with Crippen LogP contribution in [-0.4, -0.2) is 32.1 Å². The Morgan fingerprint density at radius 3 is 2.85 bits per heavy atom. The molecule has 0 bridgehead atoms. The van der Waals surface area contributed by atoms with Crippen LogP contribution in [0, 0.1) is 0 Å². The molecular weight excluding hydrogens is 262 g/mol. The zero-order valence-electron chi connectivity index (χ0n) is 11.1. The van der Waals surface area contributed by atoms with Crippen molar-refractivity contribution in [1.29, 1.82) is 0 Å². The summed E-state index contributed by atoms with van der Waals surface area (Å²) in [6.07, 6.45) is 3.08. The summed E-state index contributed by atoms with van der Waals surface area (Å²) in [6, 6.07) is 3.14. The van der Waals surface area contributed by atoms with Gasteiger partial charge in [-0.05, 0) is 19.3 Å². The number of fused-ring (bicyclic) bond motifs is 1. The fourth-order valence-corrected chi connectivity index (χ4v) is 2.32. The maximum Gasteiger partial charge on any atom is 0.340 e. The lowest BCUT2D eigenvalue weighted by molar-refractivity contribution is -0.0300. The van der Waals surface area contributed by atoms with Crippen LogP contribution >= 0.6 is 0 Å². The highest BCUT2D eigenvalue weighted by Crippen LogP contribution is 2.36. The van der Waals surface area contributed by atoms with E-state index in [1.54, 1.807) is 12.1 Å². The molecule has 0 aromatic heterocycles. The van der Waals surface area contributed by atoms with Crippen molar-refractivity contribution in [3.05, 3.63) is 17.7 Å². The molecule has 0 saturated carbocycles. The van der Waals surface area contributed by atoms with E-state index in [1.165, 1.54) is 0 Å². The van der Waals surface area contributed by atoms with Crippen molar-refractivity contribution in [1.82, 2.24) is 0 Å². The molecule has 3 rings (SSSR count). The van der Waals surface area contributed by atoms with Crippen LogP contribution in [-0.2, 0) is 9.47 Å². The first kappa shape index (κ1) is 13.1. The average molecular weight is 279 g/mol. The molecule has 108 valence electrons. The normalized spacial score (nSPS) is 20.7. The molecule has 2 aliphatic heterocycles. The Bertz CT molecular complexity index is 511. The highest BCUT2D eigenvalue weighted by atomic mass is 16.7. The smallest absolute Gasteiger partial charge is 0.340 e. The van der Waals surface area contributed by atoms with Crippen LogP contribution in [0.15, 0.2) is 12.1 Å². The maximum atomic E-state index is 12.1. The number of ether oxygens (including phenoxy) is 4. The molecule has 1 saturated heterocycles. The van der Waals surface area contributed by atoms with Crippen molar-refractivity contribution in [2.75, 3.05) is 25.7 Å². The SMILES string of the molecule is Nc1cc2c(cc1C(=O)OCC1CCCCO1)OCO2. The lowest BCUT2D eigenvalue weighted by Gasteiger charge is -2.22. The second-order valence-corrected chi connectivity index (χ2v) is 4.88. The Labute approximate surface area is 116 Å². The number of nitrogens with two attached hydrogens (primary N) is 1. The summed E-state index contributed by atoms with van der Waals surface area (Å²) < 4.78 is 21.2. The van der Waals surface area contributed by atoms with Gasteiger partial charge in [0.25, 0.3) is 0 Å². The quantitative estimate of drug-likeness (QED) is 0.670. The standard InChI is InChI=1S/C14H17NO5/c15-11-6-13-12(19-8-20-13)5-10(11)14(16)18-7-9-3-1-2-4-17-9/h5-6,9H,1-4,7-8,15H2. The molecule has 0 spiro atoms. The Kier molecular flexibility index (Phi) is 3.64. The van der Waals surface area contributed by atoms with Gasteiger partial charge in [-0.3, -0.25) is 0 Å². The molecule has 1 fully saturated rings. The van der Waals surface area contributed by atoms with E-state index in [1.807, 2.05) is 0 Å². The molecule has 0 amide bonds. The molecule has 1 unspecified atom stereocenters. The van der Waals surface area contributed by atoms with Gasteiger partial charge >= 0.3 is 5.97 Å². The van der Waals surface area contributed by atoms with Gasteiger partial charge in [0.05, 0.1) is 17.4 Å². The van der Waals surface area contributed by atoms with Gasteiger partial charge in [-0.25, -0.2) is 4.79 Å². The van der Waals surface area contributed by atoms with E-state index in [0.29, 0.717) is 22.7 Å². The van der Waals surface area contributed by atoms with Gasteiger partial charge in [0.15, 0.2) is 11.5 Å². The van der Waals surface area contributed by atoms with Gasteiger partial charge in [0.1, 0.15) is 6.61 Å². The fourth-order valence-electron chi connectivity index (χ4n) is 2.32. The van der Waals surface area contributed by atoms with Gasteiger partial charge in [-0.15, -0.1) is 0 Å². The Morgan fingerprint density at radius 1 is 1.30 bits per heavy atom. The Hall–Kier alpha value is -1.95. The van der Waals surface area contributed by atoms with Crippen LogP contribution in [0.25, 0.3) is 0 Å². The van der Waals surface area contributed by atoms with Crippen molar-refractivity contribution in [2.45, 2.75) is 25.4 Å². The van der Waals surface area contributed by atoms with E-state index in [2.05, 4.69) is 0 Å². The zero-order chi connectivity index (χ0) is 13.9. The van der Waals surface area contributed by atoms with E-state index in [0.717, 1.165) is 25.9 Å². The molecule has 1 aromatic carbocycles. The summed E-state index contributed by atoms with van der Waals surface area (Å²) in [4.78, 5) is 12.1. The third kappa shape index (κ3) is 2.65. The molecule has 1 aromatic rings. The van der Waals surface area contributed by atoms with Crippen LogP contribution in [0.5, 0.6) is 11.5 Å². The average Bonchev–Trinajstić information content (AvgIpc) is 2.92. The number of anilines is 1. The predicted molar refractivity (Wildman–Crippen MR) is 70.9 cm³/mol. The van der Waals surface area contributed by atoms with Crippen LogP contribution in [0.4, 0.5) is 5.69 Å². The van der Waals surface area contributed by atoms with Gasteiger partial charge in [-0.2, -0.15) is 0 Å². The number of nitrogen functional groups attached to an aromatic ring is 1. The third-order valence-electron chi connectivity index (χ3n) is 3.44. The summed E-state index contributed by atoms with van der Waals surface area (Å²) in [6.45, 7) is 1.13. The topological polar surface area (TPSA) is 80.0 Å². The minimum Gasteiger partial charge on any atom is -0.459 e. The van der Waals surface area contributed by atoms with Crippen LogP contribution in [0.1, 0.15) is 29.6 Å². The Balaban J connectivity index is 1.64. The summed E-state index contributed by atoms with van der Waals surface area (Å²) in [5, 5.41) is 0. The molecule has 6 nitrogen and oxygen atoms in total. The number of rotatable bonds is 3. The first-order valence-electron chi connectivity index (χ1n) is 6.72. The summed E-state index contributed by atoms with van der Waals surface area (Å²) in [5.41, 5.74) is 6.45. The van der Waals surface area contributed by atoms with E-state index in [9.17, 15) is 4.79 Å². The first-order valence-corrected chi connectivity index (χ1v) is 6.72. The molecule has 2 N–H and O–H groups in total. The lowest BCUT2D eigenvalue weighted by Crippen LogP contribution is -2.26. The number of esters is 1. The summed E-state index contributed by atoms with van der Waals surface area (Å²) >= 11 is 0. The number of benzene rings is 1. The maximum absolute atomic E-state index is 12.1. The molecule has 1 atom stereocenters. The molecule has 2 heterocycles. The molecule has 2 aliphatic rings. The van der Waals surface area contributed by atoms with Gasteiger partial charge < -0.3 is 24.7 Å². The van der Waals surface area contributed by atoms with Crippen molar-refractivity contribution in [3.63, 3.8) is 0 Å². The van der Waals surface area contributed by atoms with E-state index in [4.69, 9.17) is 24.7 Å². The predicted octanol–water partition coefficient (Wildman–Crippen LogP) is 1.72. The van der Waals surface area contributed by atoms with Gasteiger partial charge in [0, 0.05) is 18.7 Å². The highest BCUT2D eigenvalue weighted by Gasteiger charge is 2.22. The number of hydrogen-bond acceptors (Lipinski definition) is 6. The van der Waals surface area contributed by atoms with E-state index < -0.39 is 5.97 Å². The second kappa shape index (κ2) is 5.58. The summed E-state index contributed by atoms with van der Waals surface area (Å²) in [5.74, 6) is 0.602. The first-order chi connectivity index (χ1) is 9.74. The lowest BCUT2D eigenvalue weighted by atomic mass is 10.1. The van der Waals surface area contributed by atoms with Crippen LogP contribution < -0.4 is 15.2 Å². The molecule has 6 heteroatoms. The van der Waals surface area contributed by atoms with Crippen molar-refractivity contribution in [3.8, 4) is 11.5 Å². The van der Waals surface area contributed by atoms with Gasteiger partial charge in [-0.1, -0.05) is 0 Å². The molecular formula is C14H17NO5. The van der Waals surface area contributed by atoms with Crippen LogP contribution in [0.3, 0.4) is 0 Å². The highest BCUT2D eigenvalue weighted by molar-refractivity contribution is 5.96. The monoisotopic (exact) mass is 279 g/mol. The fraction of sp³-hybridized carbons (Fsp3) is 0.500. The minimum absolute atomic E-state index is 0.0112.